The summed E-state index contributed by atoms with van der Waals surface area (Å²) in [6, 6.07) is 16.6. The maximum absolute atomic E-state index is 14.4. The number of rotatable bonds is 4. The van der Waals surface area contributed by atoms with E-state index in [2.05, 4.69) is 77.9 Å². The van der Waals surface area contributed by atoms with Crippen molar-refractivity contribution in [2.45, 2.75) is 73.4 Å². The van der Waals surface area contributed by atoms with Crippen molar-refractivity contribution in [2.75, 3.05) is 16.9 Å². The second kappa shape index (κ2) is 8.72. The molecule has 2 amide bonds. The first-order valence-electron chi connectivity index (χ1n) is 13.3. The Morgan fingerprint density at radius 1 is 0.711 bits per heavy atom. The minimum atomic E-state index is -1.22. The van der Waals surface area contributed by atoms with Crippen LogP contribution in [-0.2, 0) is 9.59 Å². The molecule has 1 heterocycles. The molecule has 1 aliphatic carbocycles. The fraction of sp³-hybridized carbons (Fsp3) is 0.394. The fourth-order valence-corrected chi connectivity index (χ4v) is 6.70. The Hall–Kier alpha value is -3.60. The number of benzene rings is 3. The van der Waals surface area contributed by atoms with Gasteiger partial charge in [-0.15, -0.1) is 0 Å². The molecule has 198 valence electrons. The zero-order valence-corrected chi connectivity index (χ0v) is 24.0. The van der Waals surface area contributed by atoms with Gasteiger partial charge >= 0.3 is 0 Å². The summed E-state index contributed by atoms with van der Waals surface area (Å²) in [5.74, 6) is 0.446. The monoisotopic (exact) mass is 510 g/mol. The molecule has 1 saturated heterocycles. The molecule has 38 heavy (non-hydrogen) atoms. The predicted octanol–water partition coefficient (Wildman–Crippen LogP) is 6.84. The van der Waals surface area contributed by atoms with Gasteiger partial charge in [-0.05, 0) is 95.3 Å². The first kappa shape index (κ1) is 26.0. The van der Waals surface area contributed by atoms with Crippen LogP contribution < -0.4 is 14.5 Å². The summed E-state index contributed by atoms with van der Waals surface area (Å²) < 4.78 is 5.40. The molecule has 1 spiro atoms. The number of hydrogen-bond acceptors (Lipinski definition) is 3. The van der Waals surface area contributed by atoms with Gasteiger partial charge in [0.25, 0.3) is 0 Å². The van der Waals surface area contributed by atoms with Crippen LogP contribution in [0.1, 0.15) is 65.1 Å². The number of carbonyl (C=O) groups is 2. The molecule has 2 aliphatic rings. The number of aryl methyl sites for hydroxylation is 6. The number of carbonyl (C=O) groups excluding carboxylic acids is 2. The van der Waals surface area contributed by atoms with Crippen molar-refractivity contribution >= 4 is 23.2 Å². The van der Waals surface area contributed by atoms with Gasteiger partial charge < -0.3 is 4.74 Å². The molecule has 5 heteroatoms. The lowest BCUT2D eigenvalue weighted by atomic mass is 9.83. The Morgan fingerprint density at radius 2 is 1.11 bits per heavy atom. The molecule has 5 nitrogen and oxygen atoms in total. The van der Waals surface area contributed by atoms with E-state index < -0.39 is 11.1 Å². The topological polar surface area (TPSA) is 49.9 Å². The van der Waals surface area contributed by atoms with Crippen molar-refractivity contribution in [3.8, 4) is 5.75 Å². The van der Waals surface area contributed by atoms with E-state index in [9.17, 15) is 9.59 Å². The summed E-state index contributed by atoms with van der Waals surface area (Å²) in [4.78, 5) is 32.8. The summed E-state index contributed by atoms with van der Waals surface area (Å²) in [6.07, 6.45) is 0.659. The Bertz CT molecular complexity index is 1340. The lowest BCUT2D eigenvalue weighted by Crippen LogP contribution is -2.69. The Kier molecular flexibility index (Phi) is 5.97. The van der Waals surface area contributed by atoms with Gasteiger partial charge in [0, 0.05) is 12.3 Å². The van der Waals surface area contributed by atoms with Crippen LogP contribution in [0.4, 0.5) is 11.4 Å². The number of anilines is 2. The van der Waals surface area contributed by atoms with Crippen LogP contribution in [0.3, 0.4) is 0 Å². The lowest BCUT2D eigenvalue weighted by molar-refractivity contribution is -0.142. The molecular formula is C33H38N2O3. The molecule has 3 aromatic rings. The summed E-state index contributed by atoms with van der Waals surface area (Å²) in [5.41, 5.74) is 7.32. The fourth-order valence-electron chi connectivity index (χ4n) is 6.70. The van der Waals surface area contributed by atoms with Gasteiger partial charge in [0.05, 0.1) is 18.5 Å². The molecule has 1 aliphatic heterocycles. The Balaban J connectivity index is 1.82. The highest BCUT2D eigenvalue weighted by Crippen LogP contribution is 2.64. The number of hydrogen-bond donors (Lipinski definition) is 0. The van der Waals surface area contributed by atoms with Gasteiger partial charge in [-0.25, -0.2) is 0 Å². The van der Waals surface area contributed by atoms with Crippen molar-refractivity contribution in [1.82, 2.24) is 0 Å². The average molecular weight is 511 g/mol. The van der Waals surface area contributed by atoms with Gasteiger partial charge in [0.1, 0.15) is 16.8 Å². The maximum atomic E-state index is 14.4. The molecule has 0 aromatic heterocycles. The van der Waals surface area contributed by atoms with Crippen molar-refractivity contribution in [2.24, 2.45) is 5.41 Å². The van der Waals surface area contributed by atoms with Crippen molar-refractivity contribution in [3.63, 3.8) is 0 Å². The first-order chi connectivity index (χ1) is 17.8. The van der Waals surface area contributed by atoms with Crippen LogP contribution in [0, 0.1) is 47.0 Å². The Labute approximate surface area is 226 Å². The predicted molar refractivity (Wildman–Crippen MR) is 153 cm³/mol. The van der Waals surface area contributed by atoms with Gasteiger partial charge in [-0.3, -0.25) is 19.4 Å². The number of ether oxygens (including phenoxy) is 1. The minimum absolute atomic E-state index is 0.0439. The van der Waals surface area contributed by atoms with Crippen LogP contribution >= 0.6 is 0 Å². The van der Waals surface area contributed by atoms with E-state index in [1.54, 1.807) is 21.0 Å². The van der Waals surface area contributed by atoms with E-state index in [0.717, 1.165) is 56.1 Å². The van der Waals surface area contributed by atoms with E-state index in [1.165, 1.54) is 0 Å². The molecule has 1 saturated carbocycles. The summed E-state index contributed by atoms with van der Waals surface area (Å²) in [7, 11) is 1.66. The van der Waals surface area contributed by atoms with Gasteiger partial charge in [0.15, 0.2) is 0 Å². The number of nitrogens with zero attached hydrogens (tertiary/aromatic N) is 2. The van der Waals surface area contributed by atoms with Crippen LogP contribution in [0.5, 0.6) is 5.75 Å². The van der Waals surface area contributed by atoms with Gasteiger partial charge in [-0.1, -0.05) is 47.5 Å². The second-order valence-electron chi connectivity index (χ2n) is 11.8. The minimum Gasteiger partial charge on any atom is -0.497 e. The molecule has 0 N–H and O–H groups in total. The maximum Gasteiger partial charge on any atom is 0.244 e. The standard InChI is InChI=1S/C33H38N2O3/c1-19-14-21(3)28(22(4)15-19)34-30(36)32(7,8)31(37)35(29-23(5)16-20(2)17-24(29)6)33(34)18-27(33)25-10-12-26(38-9)13-11-25/h10-17,27H,18H2,1-9H3. The molecular weight excluding hydrogens is 472 g/mol. The molecule has 5 rings (SSSR count). The highest BCUT2D eigenvalue weighted by atomic mass is 16.5. The smallest absolute Gasteiger partial charge is 0.244 e. The second-order valence-corrected chi connectivity index (χ2v) is 11.8. The van der Waals surface area contributed by atoms with Crippen LogP contribution in [0.25, 0.3) is 0 Å². The third kappa shape index (κ3) is 3.66. The first-order valence-corrected chi connectivity index (χ1v) is 13.3. The van der Waals surface area contributed by atoms with Crippen LogP contribution in [0.2, 0.25) is 0 Å². The summed E-state index contributed by atoms with van der Waals surface area (Å²) in [6.45, 7) is 16.0. The van der Waals surface area contributed by atoms with Crippen molar-refractivity contribution < 1.29 is 14.3 Å². The summed E-state index contributed by atoms with van der Waals surface area (Å²) >= 11 is 0. The average Bonchev–Trinajstić information content (AvgIpc) is 3.57. The third-order valence-corrected chi connectivity index (χ3v) is 8.39. The number of amides is 2. The SMILES string of the molecule is COc1ccc(C2CC23N(c2c(C)cc(C)cc2C)C(=O)C(C)(C)C(=O)N3c2c(C)cc(C)cc2C)cc1. The molecule has 1 unspecified atom stereocenters. The quantitative estimate of drug-likeness (QED) is 0.361. The largest absolute Gasteiger partial charge is 0.497 e. The zero-order valence-electron chi connectivity index (χ0n) is 24.0. The normalized spacial score (nSPS) is 19.8. The van der Waals surface area contributed by atoms with E-state index in [-0.39, 0.29) is 17.7 Å². The van der Waals surface area contributed by atoms with E-state index >= 15 is 0 Å². The van der Waals surface area contributed by atoms with Gasteiger partial charge in [0.2, 0.25) is 11.8 Å². The molecule has 1 atom stereocenters. The van der Waals surface area contributed by atoms with Gasteiger partial charge in [-0.2, -0.15) is 0 Å². The molecule has 3 aromatic carbocycles. The molecule has 2 fully saturated rings. The summed E-state index contributed by atoms with van der Waals surface area (Å²) in [5, 5.41) is 0. The van der Waals surface area contributed by atoms with E-state index in [4.69, 9.17) is 4.74 Å². The lowest BCUT2D eigenvalue weighted by Gasteiger charge is -2.52. The highest BCUT2D eigenvalue weighted by molar-refractivity contribution is 6.22. The highest BCUT2D eigenvalue weighted by Gasteiger charge is 2.72. The van der Waals surface area contributed by atoms with Crippen molar-refractivity contribution in [3.05, 3.63) is 87.5 Å². The van der Waals surface area contributed by atoms with E-state index in [0.29, 0.717) is 6.42 Å². The third-order valence-electron chi connectivity index (χ3n) is 8.39. The Morgan fingerprint density at radius 3 is 1.47 bits per heavy atom. The number of methoxy groups -OCH3 is 1. The van der Waals surface area contributed by atoms with E-state index in [1.807, 2.05) is 21.9 Å². The van der Waals surface area contributed by atoms with Crippen molar-refractivity contribution in [1.29, 1.82) is 0 Å². The van der Waals surface area contributed by atoms with Crippen LogP contribution in [-0.4, -0.2) is 24.6 Å². The molecule has 0 bridgehead atoms. The zero-order chi connectivity index (χ0) is 27.7. The molecule has 0 radical (unpaired) electrons. The van der Waals surface area contributed by atoms with Crippen LogP contribution in [0.15, 0.2) is 48.5 Å².